The first-order valence-electron chi connectivity index (χ1n) is 10.8. The zero-order valence-electron chi connectivity index (χ0n) is 17.1. The van der Waals surface area contributed by atoms with E-state index >= 15 is 0 Å². The number of amides is 3. The summed E-state index contributed by atoms with van der Waals surface area (Å²) in [6.07, 6.45) is 2.67. The topological polar surface area (TPSA) is 105 Å². The fourth-order valence-electron chi connectivity index (χ4n) is 5.48. The zero-order valence-corrected chi connectivity index (χ0v) is 17.1. The van der Waals surface area contributed by atoms with Crippen molar-refractivity contribution in [2.24, 2.45) is 11.1 Å². The second-order valence-electron chi connectivity index (χ2n) is 9.14. The second-order valence-corrected chi connectivity index (χ2v) is 9.14. The van der Waals surface area contributed by atoms with Crippen molar-refractivity contribution in [3.63, 3.8) is 0 Å². The number of ether oxygens (including phenoxy) is 1. The summed E-state index contributed by atoms with van der Waals surface area (Å²) in [5.41, 5.74) is 9.34. The lowest BCUT2D eigenvalue weighted by Gasteiger charge is -2.36. The molecule has 5 rings (SSSR count). The van der Waals surface area contributed by atoms with Gasteiger partial charge >= 0.3 is 0 Å². The van der Waals surface area contributed by atoms with Crippen LogP contribution in [0.3, 0.4) is 0 Å². The largest absolute Gasteiger partial charge is 0.381 e. The predicted octanol–water partition coefficient (Wildman–Crippen LogP) is 0.387. The van der Waals surface area contributed by atoms with Crippen LogP contribution in [-0.4, -0.2) is 65.9 Å². The summed E-state index contributed by atoms with van der Waals surface area (Å²) in [7, 11) is 0. The van der Waals surface area contributed by atoms with Crippen molar-refractivity contribution in [2.75, 3.05) is 26.3 Å². The lowest BCUT2D eigenvalue weighted by atomic mass is 9.76. The molecule has 1 aromatic rings. The van der Waals surface area contributed by atoms with Gasteiger partial charge in [-0.3, -0.25) is 24.6 Å². The molecule has 0 bridgehead atoms. The molecule has 160 valence electrons. The summed E-state index contributed by atoms with van der Waals surface area (Å²) >= 11 is 0. The molecule has 3 amide bonds. The highest BCUT2D eigenvalue weighted by Gasteiger charge is 2.45. The maximum atomic E-state index is 13.0. The Hall–Kier alpha value is -2.29. The van der Waals surface area contributed by atoms with Crippen LogP contribution in [-0.2, 0) is 27.4 Å². The van der Waals surface area contributed by atoms with Gasteiger partial charge in [0.25, 0.3) is 5.91 Å². The van der Waals surface area contributed by atoms with E-state index in [4.69, 9.17) is 10.5 Å². The highest BCUT2D eigenvalue weighted by Crippen LogP contribution is 2.39. The average molecular weight is 412 g/mol. The normalized spacial score (nSPS) is 28.8. The maximum absolute atomic E-state index is 13.0. The summed E-state index contributed by atoms with van der Waals surface area (Å²) in [4.78, 5) is 40.6. The van der Waals surface area contributed by atoms with Crippen LogP contribution in [0.15, 0.2) is 18.2 Å². The molecular weight excluding hydrogens is 384 g/mol. The molecule has 1 spiro atoms. The van der Waals surface area contributed by atoms with Gasteiger partial charge in [0.2, 0.25) is 11.8 Å². The van der Waals surface area contributed by atoms with E-state index in [9.17, 15) is 14.4 Å². The lowest BCUT2D eigenvalue weighted by Crippen LogP contribution is -2.52. The number of nitrogens with zero attached hydrogens (tertiary/aromatic N) is 2. The van der Waals surface area contributed by atoms with E-state index in [1.165, 1.54) is 0 Å². The molecule has 3 N–H and O–H groups in total. The van der Waals surface area contributed by atoms with Gasteiger partial charge in [0.15, 0.2) is 0 Å². The molecule has 8 heteroatoms. The first-order chi connectivity index (χ1) is 14.4. The monoisotopic (exact) mass is 412 g/mol. The average Bonchev–Trinajstić information content (AvgIpc) is 3.19. The first-order valence-corrected chi connectivity index (χ1v) is 10.8. The van der Waals surface area contributed by atoms with Gasteiger partial charge in [-0.2, -0.15) is 0 Å². The summed E-state index contributed by atoms with van der Waals surface area (Å²) in [6, 6.07) is 5.61. The van der Waals surface area contributed by atoms with Crippen molar-refractivity contribution in [1.82, 2.24) is 15.1 Å². The number of hydrogen-bond donors (Lipinski definition) is 2. The van der Waals surface area contributed by atoms with Crippen LogP contribution in [0.5, 0.6) is 0 Å². The molecular formula is C22H28N4O4. The Kier molecular flexibility index (Phi) is 4.88. The Morgan fingerprint density at radius 2 is 2.00 bits per heavy atom. The van der Waals surface area contributed by atoms with Crippen LogP contribution in [0.25, 0.3) is 0 Å². The van der Waals surface area contributed by atoms with Crippen molar-refractivity contribution in [2.45, 2.75) is 50.9 Å². The summed E-state index contributed by atoms with van der Waals surface area (Å²) in [5, 5.41) is 2.35. The summed E-state index contributed by atoms with van der Waals surface area (Å²) < 4.78 is 5.53. The molecule has 0 saturated carbocycles. The van der Waals surface area contributed by atoms with Gasteiger partial charge in [-0.05, 0) is 36.5 Å². The molecule has 4 aliphatic heterocycles. The third-order valence-corrected chi connectivity index (χ3v) is 7.27. The number of rotatable bonds is 3. The van der Waals surface area contributed by atoms with Crippen LogP contribution in [0, 0.1) is 5.41 Å². The van der Waals surface area contributed by atoms with Crippen LogP contribution < -0.4 is 11.1 Å². The van der Waals surface area contributed by atoms with Gasteiger partial charge in [0.1, 0.15) is 6.04 Å². The predicted molar refractivity (Wildman–Crippen MR) is 108 cm³/mol. The standard InChI is InChI=1S/C22H28N4O4/c23-18-12-25(13-22(18)5-7-30-8-6-22)10-14-1-2-15-11-26(21(29)16(15)9-14)17-3-4-19(27)24-20(17)28/h1-2,9,17-18H,3-8,10-13,23H2,(H,24,27,28). The molecule has 0 aliphatic carbocycles. The Bertz CT molecular complexity index is 895. The van der Waals surface area contributed by atoms with Crippen LogP contribution >= 0.6 is 0 Å². The number of likely N-dealkylation sites (tertiary alicyclic amines) is 1. The number of imide groups is 1. The third kappa shape index (κ3) is 3.33. The van der Waals surface area contributed by atoms with E-state index < -0.39 is 6.04 Å². The molecule has 0 radical (unpaired) electrons. The minimum Gasteiger partial charge on any atom is -0.381 e. The fourth-order valence-corrected chi connectivity index (χ4v) is 5.48. The van der Waals surface area contributed by atoms with Crippen LogP contribution in [0.1, 0.15) is 47.2 Å². The van der Waals surface area contributed by atoms with Crippen molar-refractivity contribution in [1.29, 1.82) is 0 Å². The van der Waals surface area contributed by atoms with E-state index in [2.05, 4.69) is 16.3 Å². The Morgan fingerprint density at radius 1 is 1.20 bits per heavy atom. The molecule has 30 heavy (non-hydrogen) atoms. The van der Waals surface area contributed by atoms with Crippen molar-refractivity contribution in [3.8, 4) is 0 Å². The van der Waals surface area contributed by atoms with Crippen molar-refractivity contribution < 1.29 is 19.1 Å². The number of carbonyl (C=O) groups excluding carboxylic acids is 3. The second kappa shape index (κ2) is 7.44. The van der Waals surface area contributed by atoms with E-state index in [1.54, 1.807) is 4.90 Å². The number of hydrogen-bond acceptors (Lipinski definition) is 6. The molecule has 3 saturated heterocycles. The quantitative estimate of drug-likeness (QED) is 0.696. The zero-order chi connectivity index (χ0) is 20.9. The summed E-state index contributed by atoms with van der Waals surface area (Å²) in [5.74, 6) is -0.769. The minimum absolute atomic E-state index is 0.125. The Morgan fingerprint density at radius 3 is 2.77 bits per heavy atom. The number of nitrogens with two attached hydrogens (primary N) is 1. The van der Waals surface area contributed by atoms with E-state index in [1.807, 2.05) is 12.1 Å². The van der Waals surface area contributed by atoms with Crippen LogP contribution in [0.4, 0.5) is 0 Å². The first kappa shape index (κ1) is 19.7. The molecule has 2 unspecified atom stereocenters. The van der Waals surface area contributed by atoms with Gasteiger partial charge in [0, 0.05) is 62.8 Å². The molecule has 8 nitrogen and oxygen atoms in total. The number of benzene rings is 1. The summed E-state index contributed by atoms with van der Waals surface area (Å²) in [6.45, 7) is 4.56. The van der Waals surface area contributed by atoms with Gasteiger partial charge < -0.3 is 15.4 Å². The van der Waals surface area contributed by atoms with Crippen molar-refractivity contribution >= 4 is 17.7 Å². The maximum Gasteiger partial charge on any atom is 0.255 e. The highest BCUT2D eigenvalue weighted by molar-refractivity contribution is 6.05. The number of carbonyl (C=O) groups is 3. The van der Waals surface area contributed by atoms with E-state index in [0.717, 1.165) is 56.8 Å². The minimum atomic E-state index is -0.573. The van der Waals surface area contributed by atoms with Crippen LogP contribution in [0.2, 0.25) is 0 Å². The molecule has 4 heterocycles. The van der Waals surface area contributed by atoms with Gasteiger partial charge in [-0.25, -0.2) is 0 Å². The van der Waals surface area contributed by atoms with Crippen molar-refractivity contribution in [3.05, 3.63) is 34.9 Å². The van der Waals surface area contributed by atoms with Gasteiger partial charge in [0.05, 0.1) is 0 Å². The number of fused-ring (bicyclic) bond motifs is 1. The lowest BCUT2D eigenvalue weighted by molar-refractivity contribution is -0.136. The van der Waals surface area contributed by atoms with E-state index in [0.29, 0.717) is 18.5 Å². The molecule has 0 aromatic heterocycles. The third-order valence-electron chi connectivity index (χ3n) is 7.27. The number of piperidine rings is 1. The number of nitrogens with one attached hydrogen (secondary N) is 1. The van der Waals surface area contributed by atoms with E-state index in [-0.39, 0.29) is 35.6 Å². The van der Waals surface area contributed by atoms with Gasteiger partial charge in [-0.15, -0.1) is 0 Å². The fraction of sp³-hybridized carbons (Fsp3) is 0.591. The molecule has 2 atom stereocenters. The molecule has 3 fully saturated rings. The highest BCUT2D eigenvalue weighted by atomic mass is 16.5. The molecule has 1 aromatic carbocycles. The Balaban J connectivity index is 1.28. The SMILES string of the molecule is NC1CN(Cc2ccc3c(c2)C(=O)N(C2CCC(=O)NC2=O)C3)CC12CCOCC2. The Labute approximate surface area is 175 Å². The smallest absolute Gasteiger partial charge is 0.255 e. The van der Waals surface area contributed by atoms with Gasteiger partial charge in [-0.1, -0.05) is 12.1 Å². The molecule has 4 aliphatic rings.